The average molecular weight is 293 g/mol. The largest absolute Gasteiger partial charge is 0.493 e. The Morgan fingerprint density at radius 3 is 2.80 bits per heavy atom. The number of morpholine rings is 1. The lowest BCUT2D eigenvalue weighted by atomic mass is 9.84. The highest BCUT2D eigenvalue weighted by molar-refractivity contribution is 6.30. The quantitative estimate of drug-likeness (QED) is 0.798. The zero-order valence-electron chi connectivity index (χ0n) is 11.3. The molecule has 0 aromatic heterocycles. The molecular formula is C15H17ClN2O2. The summed E-state index contributed by atoms with van der Waals surface area (Å²) < 4.78 is 11.2. The highest BCUT2D eigenvalue weighted by Gasteiger charge is 2.42. The number of halogens is 1. The van der Waals surface area contributed by atoms with Crippen LogP contribution in [0.3, 0.4) is 0 Å². The Morgan fingerprint density at radius 2 is 2.05 bits per heavy atom. The highest BCUT2D eigenvalue weighted by atomic mass is 35.5. The molecule has 0 radical (unpaired) electrons. The third-order valence-corrected chi connectivity index (χ3v) is 4.30. The van der Waals surface area contributed by atoms with Crippen LogP contribution in [-0.2, 0) is 10.3 Å². The van der Waals surface area contributed by atoms with Crippen LogP contribution in [0.1, 0.15) is 18.4 Å². The van der Waals surface area contributed by atoms with Crippen molar-refractivity contribution in [3.8, 4) is 11.8 Å². The second-order valence-electron chi connectivity index (χ2n) is 5.16. The van der Waals surface area contributed by atoms with E-state index >= 15 is 0 Å². The van der Waals surface area contributed by atoms with E-state index in [1.165, 1.54) is 0 Å². The summed E-state index contributed by atoms with van der Waals surface area (Å²) in [6, 6.07) is 8.10. The van der Waals surface area contributed by atoms with Crippen molar-refractivity contribution in [1.29, 1.82) is 5.26 Å². The van der Waals surface area contributed by atoms with Crippen LogP contribution in [-0.4, -0.2) is 37.8 Å². The van der Waals surface area contributed by atoms with Crippen molar-refractivity contribution >= 4 is 11.6 Å². The maximum Gasteiger partial charge on any atom is 0.138 e. The molecule has 1 fully saturated rings. The van der Waals surface area contributed by atoms with Gasteiger partial charge < -0.3 is 9.47 Å². The molecule has 1 unspecified atom stereocenters. The summed E-state index contributed by atoms with van der Waals surface area (Å²) in [4.78, 5) is 2.21. The molecule has 20 heavy (non-hydrogen) atoms. The van der Waals surface area contributed by atoms with Crippen molar-refractivity contribution in [3.63, 3.8) is 0 Å². The molecule has 2 heterocycles. The summed E-state index contributed by atoms with van der Waals surface area (Å²) in [6.45, 7) is 3.50. The van der Waals surface area contributed by atoms with Gasteiger partial charge in [0.25, 0.3) is 0 Å². The van der Waals surface area contributed by atoms with Gasteiger partial charge in [-0.25, -0.2) is 0 Å². The molecule has 5 heteroatoms. The standard InChI is InChI=1S/C15H17ClN2O2/c16-12-2-3-14-13(10-12)15(11-17,4-1-7-20-14)18-5-8-19-9-6-18/h2-3,10H,1,4-9H2. The number of hydrogen-bond donors (Lipinski definition) is 0. The molecule has 1 aromatic carbocycles. The van der Waals surface area contributed by atoms with E-state index in [2.05, 4.69) is 11.0 Å². The molecule has 1 atom stereocenters. The van der Waals surface area contributed by atoms with Gasteiger partial charge >= 0.3 is 0 Å². The fourth-order valence-corrected chi connectivity index (χ4v) is 3.23. The summed E-state index contributed by atoms with van der Waals surface area (Å²) in [6.07, 6.45) is 1.62. The molecule has 2 aliphatic heterocycles. The third-order valence-electron chi connectivity index (χ3n) is 4.06. The molecule has 1 aromatic rings. The number of nitriles is 1. The Labute approximate surface area is 123 Å². The summed E-state index contributed by atoms with van der Waals surface area (Å²) in [5, 5.41) is 10.6. The molecule has 0 N–H and O–H groups in total. The van der Waals surface area contributed by atoms with Gasteiger partial charge in [-0.05, 0) is 31.0 Å². The number of fused-ring (bicyclic) bond motifs is 1. The molecule has 106 valence electrons. The van der Waals surface area contributed by atoms with E-state index in [1.807, 2.05) is 18.2 Å². The summed E-state index contributed by atoms with van der Waals surface area (Å²) in [5.41, 5.74) is 0.243. The Balaban J connectivity index is 2.10. The molecule has 3 rings (SSSR count). The molecule has 0 spiro atoms. The summed E-state index contributed by atoms with van der Waals surface area (Å²) in [7, 11) is 0. The van der Waals surface area contributed by atoms with Crippen LogP contribution in [0.15, 0.2) is 18.2 Å². The number of hydrogen-bond acceptors (Lipinski definition) is 4. The van der Waals surface area contributed by atoms with E-state index in [1.54, 1.807) is 0 Å². The van der Waals surface area contributed by atoms with Gasteiger partial charge in [-0.15, -0.1) is 0 Å². The van der Waals surface area contributed by atoms with E-state index in [-0.39, 0.29) is 0 Å². The molecule has 0 amide bonds. The van der Waals surface area contributed by atoms with E-state index in [4.69, 9.17) is 21.1 Å². The second kappa shape index (κ2) is 5.61. The lowest BCUT2D eigenvalue weighted by Gasteiger charge is -2.40. The van der Waals surface area contributed by atoms with E-state index in [9.17, 15) is 5.26 Å². The van der Waals surface area contributed by atoms with Gasteiger partial charge in [0.2, 0.25) is 0 Å². The Morgan fingerprint density at radius 1 is 1.25 bits per heavy atom. The SMILES string of the molecule is N#CC1(N2CCOCC2)CCCOc2ccc(Cl)cc21. The smallest absolute Gasteiger partial charge is 0.138 e. The Kier molecular flexibility index (Phi) is 3.84. The van der Waals surface area contributed by atoms with Crippen LogP contribution < -0.4 is 4.74 Å². The van der Waals surface area contributed by atoms with Crippen molar-refractivity contribution in [2.75, 3.05) is 32.9 Å². The van der Waals surface area contributed by atoms with Crippen LogP contribution in [0, 0.1) is 11.3 Å². The van der Waals surface area contributed by atoms with Crippen LogP contribution >= 0.6 is 11.6 Å². The first-order chi connectivity index (χ1) is 9.76. The van der Waals surface area contributed by atoms with Crippen molar-refractivity contribution < 1.29 is 9.47 Å². The minimum absolute atomic E-state index is 0.641. The number of benzene rings is 1. The molecule has 4 nitrogen and oxygen atoms in total. The fraction of sp³-hybridized carbons (Fsp3) is 0.533. The first-order valence-electron chi connectivity index (χ1n) is 6.93. The molecule has 0 aliphatic carbocycles. The fourth-order valence-electron chi connectivity index (χ4n) is 3.06. The first kappa shape index (κ1) is 13.7. The lowest BCUT2D eigenvalue weighted by molar-refractivity contribution is -0.00762. The van der Waals surface area contributed by atoms with Gasteiger partial charge in [0, 0.05) is 23.7 Å². The van der Waals surface area contributed by atoms with E-state index < -0.39 is 5.54 Å². The van der Waals surface area contributed by atoms with Crippen LogP contribution in [0.25, 0.3) is 0 Å². The van der Waals surface area contributed by atoms with Crippen molar-refractivity contribution in [2.45, 2.75) is 18.4 Å². The van der Waals surface area contributed by atoms with E-state index in [0.29, 0.717) is 24.8 Å². The topological polar surface area (TPSA) is 45.5 Å². The monoisotopic (exact) mass is 292 g/mol. The maximum atomic E-state index is 9.93. The van der Waals surface area contributed by atoms with Gasteiger partial charge in [0.15, 0.2) is 0 Å². The summed E-state index contributed by atoms with van der Waals surface area (Å²) >= 11 is 6.14. The van der Waals surface area contributed by atoms with Crippen LogP contribution in [0.5, 0.6) is 5.75 Å². The van der Waals surface area contributed by atoms with Gasteiger partial charge in [-0.2, -0.15) is 5.26 Å². The molecule has 0 bridgehead atoms. The molecular weight excluding hydrogens is 276 g/mol. The first-order valence-corrected chi connectivity index (χ1v) is 7.31. The van der Waals surface area contributed by atoms with Gasteiger partial charge in [0.05, 0.1) is 25.9 Å². The Hall–Kier alpha value is -1.28. The third kappa shape index (κ3) is 2.26. The van der Waals surface area contributed by atoms with Crippen LogP contribution in [0.2, 0.25) is 5.02 Å². The predicted octanol–water partition coefficient (Wildman–Crippen LogP) is 2.56. The van der Waals surface area contributed by atoms with Crippen molar-refractivity contribution in [2.24, 2.45) is 0 Å². The maximum absolute atomic E-state index is 9.93. The molecule has 2 aliphatic rings. The summed E-state index contributed by atoms with van der Waals surface area (Å²) in [5.74, 6) is 0.778. The van der Waals surface area contributed by atoms with Gasteiger partial charge in [-0.3, -0.25) is 4.90 Å². The van der Waals surface area contributed by atoms with E-state index in [0.717, 1.165) is 37.2 Å². The molecule has 0 saturated carbocycles. The minimum atomic E-state index is -0.652. The highest BCUT2D eigenvalue weighted by Crippen LogP contribution is 2.42. The Bertz CT molecular complexity index is 537. The van der Waals surface area contributed by atoms with Gasteiger partial charge in [0.1, 0.15) is 11.3 Å². The zero-order chi connectivity index (χ0) is 14.0. The number of ether oxygens (including phenoxy) is 2. The second-order valence-corrected chi connectivity index (χ2v) is 5.60. The van der Waals surface area contributed by atoms with Crippen molar-refractivity contribution in [1.82, 2.24) is 4.90 Å². The molecule has 1 saturated heterocycles. The normalized spacial score (nSPS) is 27.0. The van der Waals surface area contributed by atoms with Crippen LogP contribution in [0.4, 0.5) is 0 Å². The predicted molar refractivity (Wildman–Crippen MR) is 75.9 cm³/mol. The average Bonchev–Trinajstić information content (AvgIpc) is 2.68. The van der Waals surface area contributed by atoms with Gasteiger partial charge in [-0.1, -0.05) is 11.6 Å². The number of nitrogens with zero attached hydrogens (tertiary/aromatic N) is 2. The van der Waals surface area contributed by atoms with Crippen molar-refractivity contribution in [3.05, 3.63) is 28.8 Å². The lowest BCUT2D eigenvalue weighted by Crippen LogP contribution is -2.50. The zero-order valence-corrected chi connectivity index (χ0v) is 12.0. The number of rotatable bonds is 1. The minimum Gasteiger partial charge on any atom is -0.493 e.